The van der Waals surface area contributed by atoms with Gasteiger partial charge in [0.15, 0.2) is 0 Å². The van der Waals surface area contributed by atoms with Crippen molar-refractivity contribution in [3.05, 3.63) is 39.3 Å². The molecule has 2 rings (SSSR count). The van der Waals surface area contributed by atoms with E-state index in [1.165, 1.54) is 16.0 Å². The van der Waals surface area contributed by atoms with Gasteiger partial charge in [0.05, 0.1) is 18.8 Å². The van der Waals surface area contributed by atoms with Crippen molar-refractivity contribution < 1.29 is 5.11 Å². The van der Waals surface area contributed by atoms with E-state index in [1.54, 1.807) is 0 Å². The van der Waals surface area contributed by atoms with Gasteiger partial charge in [-0.1, -0.05) is 0 Å². The third-order valence-corrected chi connectivity index (χ3v) is 4.21. The number of hydrogen-bond donors (Lipinski definition) is 1. The van der Waals surface area contributed by atoms with Crippen LogP contribution in [0.15, 0.2) is 17.6 Å². The number of rotatable bonds is 6. The number of nitrogens with zero attached hydrogens (tertiary/aromatic N) is 3. The van der Waals surface area contributed by atoms with Crippen LogP contribution in [0.2, 0.25) is 0 Å². The highest BCUT2D eigenvalue weighted by molar-refractivity contribution is 7.10. The summed E-state index contributed by atoms with van der Waals surface area (Å²) in [7, 11) is 2.13. The van der Waals surface area contributed by atoms with Crippen LogP contribution in [-0.2, 0) is 19.6 Å². The van der Waals surface area contributed by atoms with Crippen LogP contribution in [0.25, 0.3) is 0 Å². The van der Waals surface area contributed by atoms with Gasteiger partial charge in [-0.2, -0.15) is 5.10 Å². The molecule has 1 N–H and O–H groups in total. The van der Waals surface area contributed by atoms with Crippen molar-refractivity contribution in [1.82, 2.24) is 14.7 Å². The molecule has 0 unspecified atom stereocenters. The fourth-order valence-corrected chi connectivity index (χ4v) is 3.07. The molecule has 104 valence electrons. The zero-order valence-corrected chi connectivity index (χ0v) is 12.6. The van der Waals surface area contributed by atoms with Gasteiger partial charge in [-0.3, -0.25) is 9.58 Å². The second kappa shape index (κ2) is 6.32. The maximum absolute atomic E-state index is 8.93. The molecule has 0 amide bonds. The van der Waals surface area contributed by atoms with Crippen molar-refractivity contribution in [3.8, 4) is 0 Å². The van der Waals surface area contributed by atoms with Crippen molar-refractivity contribution in [2.45, 2.75) is 33.5 Å². The molecule has 0 bridgehead atoms. The standard InChI is InChI=1S/C14H21N3OS/c1-11-4-7-19-14(11)10-16(3)8-13-9-17(5-6-18)15-12(13)2/h4,7,9,18H,5-6,8,10H2,1-3H3. The largest absolute Gasteiger partial charge is 0.394 e. The Morgan fingerprint density at radius 2 is 2.16 bits per heavy atom. The predicted octanol–water partition coefficient (Wildman–Crippen LogP) is 2.19. The average molecular weight is 279 g/mol. The lowest BCUT2D eigenvalue weighted by atomic mass is 10.2. The monoisotopic (exact) mass is 279 g/mol. The Bertz CT molecular complexity index is 533. The number of aromatic nitrogens is 2. The van der Waals surface area contributed by atoms with E-state index < -0.39 is 0 Å². The molecular formula is C14H21N3OS. The number of thiophene rings is 1. The van der Waals surface area contributed by atoms with Crippen LogP contribution in [-0.4, -0.2) is 33.4 Å². The van der Waals surface area contributed by atoms with E-state index in [0.29, 0.717) is 6.54 Å². The fourth-order valence-electron chi connectivity index (χ4n) is 2.09. The minimum Gasteiger partial charge on any atom is -0.394 e. The van der Waals surface area contributed by atoms with Crippen LogP contribution in [0, 0.1) is 13.8 Å². The second-order valence-electron chi connectivity index (χ2n) is 4.93. The van der Waals surface area contributed by atoms with Gasteiger partial charge in [0.25, 0.3) is 0 Å². The molecule has 19 heavy (non-hydrogen) atoms. The third kappa shape index (κ3) is 3.65. The van der Waals surface area contributed by atoms with E-state index in [-0.39, 0.29) is 6.61 Å². The van der Waals surface area contributed by atoms with Crippen molar-refractivity contribution >= 4 is 11.3 Å². The summed E-state index contributed by atoms with van der Waals surface area (Å²) >= 11 is 1.81. The van der Waals surface area contributed by atoms with Crippen LogP contribution in [0.5, 0.6) is 0 Å². The second-order valence-corrected chi connectivity index (χ2v) is 5.93. The lowest BCUT2D eigenvalue weighted by molar-refractivity contribution is 0.269. The topological polar surface area (TPSA) is 41.3 Å². The van der Waals surface area contributed by atoms with Crippen LogP contribution in [0.4, 0.5) is 0 Å². The molecule has 0 spiro atoms. The molecule has 2 aromatic rings. The van der Waals surface area contributed by atoms with Crippen molar-refractivity contribution in [2.75, 3.05) is 13.7 Å². The molecule has 0 aliphatic heterocycles. The maximum atomic E-state index is 8.93. The van der Waals surface area contributed by atoms with E-state index in [4.69, 9.17) is 5.11 Å². The molecule has 0 radical (unpaired) electrons. The quantitative estimate of drug-likeness (QED) is 0.881. The van der Waals surface area contributed by atoms with E-state index in [0.717, 1.165) is 18.8 Å². The molecule has 2 aromatic heterocycles. The van der Waals surface area contributed by atoms with Gasteiger partial charge in [0, 0.05) is 29.7 Å². The lowest BCUT2D eigenvalue weighted by Gasteiger charge is -2.15. The smallest absolute Gasteiger partial charge is 0.0641 e. The molecule has 0 saturated carbocycles. The maximum Gasteiger partial charge on any atom is 0.0641 e. The summed E-state index contributed by atoms with van der Waals surface area (Å²) in [5, 5.41) is 15.5. The highest BCUT2D eigenvalue weighted by Gasteiger charge is 2.09. The van der Waals surface area contributed by atoms with Gasteiger partial charge in [0.1, 0.15) is 0 Å². The van der Waals surface area contributed by atoms with E-state index in [1.807, 2.05) is 29.1 Å². The Balaban J connectivity index is 1.98. The highest BCUT2D eigenvalue weighted by atomic mass is 32.1. The Kier molecular flexibility index (Phi) is 4.74. The summed E-state index contributed by atoms with van der Waals surface area (Å²) < 4.78 is 1.81. The average Bonchev–Trinajstić information content (AvgIpc) is 2.88. The Labute approximate surface area is 118 Å². The number of aryl methyl sites for hydroxylation is 2. The number of aliphatic hydroxyl groups excluding tert-OH is 1. The Morgan fingerprint density at radius 3 is 2.79 bits per heavy atom. The molecular weight excluding hydrogens is 258 g/mol. The van der Waals surface area contributed by atoms with Gasteiger partial charge in [-0.15, -0.1) is 11.3 Å². The minimum absolute atomic E-state index is 0.130. The molecule has 0 saturated heterocycles. The van der Waals surface area contributed by atoms with Gasteiger partial charge in [-0.05, 0) is 37.9 Å². The lowest BCUT2D eigenvalue weighted by Crippen LogP contribution is -2.17. The molecule has 0 aromatic carbocycles. The first kappa shape index (κ1) is 14.2. The summed E-state index contributed by atoms with van der Waals surface area (Å²) in [4.78, 5) is 3.72. The van der Waals surface area contributed by atoms with Crippen LogP contribution < -0.4 is 0 Å². The zero-order chi connectivity index (χ0) is 13.8. The molecule has 0 aliphatic rings. The SMILES string of the molecule is Cc1ccsc1CN(C)Cc1cn(CCO)nc1C. The van der Waals surface area contributed by atoms with E-state index in [9.17, 15) is 0 Å². The molecule has 5 heteroatoms. The van der Waals surface area contributed by atoms with Crippen molar-refractivity contribution in [1.29, 1.82) is 0 Å². The Morgan fingerprint density at radius 1 is 1.37 bits per heavy atom. The number of aliphatic hydroxyl groups is 1. The van der Waals surface area contributed by atoms with Gasteiger partial charge in [0.2, 0.25) is 0 Å². The van der Waals surface area contributed by atoms with Crippen molar-refractivity contribution in [3.63, 3.8) is 0 Å². The Hall–Kier alpha value is -1.17. The predicted molar refractivity (Wildman–Crippen MR) is 78.3 cm³/mol. The van der Waals surface area contributed by atoms with Crippen molar-refractivity contribution in [2.24, 2.45) is 0 Å². The van der Waals surface area contributed by atoms with Crippen LogP contribution >= 0.6 is 11.3 Å². The summed E-state index contributed by atoms with van der Waals surface area (Å²) in [5.74, 6) is 0. The van der Waals surface area contributed by atoms with Crippen LogP contribution in [0.1, 0.15) is 21.7 Å². The summed E-state index contributed by atoms with van der Waals surface area (Å²) in [5.41, 5.74) is 3.64. The van der Waals surface area contributed by atoms with E-state index in [2.05, 4.69) is 35.4 Å². The molecule has 0 aliphatic carbocycles. The third-order valence-electron chi connectivity index (χ3n) is 3.20. The summed E-state index contributed by atoms with van der Waals surface area (Å²) in [6, 6.07) is 2.17. The first-order valence-electron chi connectivity index (χ1n) is 6.45. The van der Waals surface area contributed by atoms with Gasteiger partial charge in [-0.25, -0.2) is 0 Å². The molecule has 0 atom stereocenters. The summed E-state index contributed by atoms with van der Waals surface area (Å²) in [6.45, 7) is 6.72. The first-order valence-corrected chi connectivity index (χ1v) is 7.33. The van der Waals surface area contributed by atoms with Gasteiger partial charge < -0.3 is 5.11 Å². The highest BCUT2D eigenvalue weighted by Crippen LogP contribution is 2.18. The minimum atomic E-state index is 0.130. The normalized spacial score (nSPS) is 11.4. The molecule has 4 nitrogen and oxygen atoms in total. The first-order chi connectivity index (χ1) is 9.10. The zero-order valence-electron chi connectivity index (χ0n) is 11.8. The molecule has 0 fully saturated rings. The number of hydrogen-bond acceptors (Lipinski definition) is 4. The van der Waals surface area contributed by atoms with Crippen LogP contribution in [0.3, 0.4) is 0 Å². The summed E-state index contributed by atoms with van der Waals surface area (Å²) in [6.07, 6.45) is 2.03. The molecule has 2 heterocycles. The van der Waals surface area contributed by atoms with Gasteiger partial charge >= 0.3 is 0 Å². The fraction of sp³-hybridized carbons (Fsp3) is 0.500. The van der Waals surface area contributed by atoms with E-state index >= 15 is 0 Å².